The van der Waals surface area contributed by atoms with E-state index in [0.717, 1.165) is 49.4 Å². The maximum atomic E-state index is 12.6. The average molecular weight is 346 g/mol. The van der Waals surface area contributed by atoms with Crippen molar-refractivity contribution in [1.29, 1.82) is 0 Å². The quantitative estimate of drug-likeness (QED) is 0.800. The molecule has 2 aromatic rings. The van der Waals surface area contributed by atoms with E-state index in [2.05, 4.69) is 41.8 Å². The topological polar surface area (TPSA) is 23.6 Å². The minimum atomic E-state index is 0.118. The number of amides is 1. The lowest BCUT2D eigenvalue weighted by atomic mass is 9.93. The molecule has 3 nitrogen and oxygen atoms in total. The van der Waals surface area contributed by atoms with Gasteiger partial charge in [0.25, 0.3) is 5.91 Å². The second-order valence-corrected chi connectivity index (χ2v) is 7.44. The van der Waals surface area contributed by atoms with Gasteiger partial charge in [0.15, 0.2) is 0 Å². The minimum Gasteiger partial charge on any atom is -0.308 e. The minimum absolute atomic E-state index is 0.118. The lowest BCUT2D eigenvalue weighted by Gasteiger charge is -2.32. The predicted molar refractivity (Wildman–Crippen MR) is 106 cm³/mol. The highest BCUT2D eigenvalue weighted by atomic mass is 16.2. The van der Waals surface area contributed by atoms with Crippen molar-refractivity contribution in [3.8, 4) is 0 Å². The predicted octanol–water partition coefficient (Wildman–Crippen LogP) is 4.42. The second kappa shape index (κ2) is 7.46. The van der Waals surface area contributed by atoms with Crippen LogP contribution in [-0.2, 0) is 6.54 Å². The fraction of sp³-hybridized carbons (Fsp3) is 0.348. The standard InChI is InChI=1S/C23H26N2O/c1-18-21-9-5-6-10-22(21)23(26)25(18)16-13-19-11-14-24(15-12-19)17-20-7-3-2-4-8-20/h2-10,19H,1,11-17H2. The molecule has 0 radical (unpaired) electrons. The summed E-state index contributed by atoms with van der Waals surface area (Å²) in [4.78, 5) is 17.0. The van der Waals surface area contributed by atoms with Crippen LogP contribution in [0.5, 0.6) is 0 Å². The van der Waals surface area contributed by atoms with E-state index in [9.17, 15) is 4.79 Å². The van der Waals surface area contributed by atoms with Gasteiger partial charge in [0.05, 0.1) is 0 Å². The maximum Gasteiger partial charge on any atom is 0.258 e. The van der Waals surface area contributed by atoms with Crippen LogP contribution in [0.1, 0.15) is 40.7 Å². The van der Waals surface area contributed by atoms with E-state index in [1.807, 2.05) is 29.2 Å². The molecule has 2 aliphatic heterocycles. The lowest BCUT2D eigenvalue weighted by Crippen LogP contribution is -2.34. The summed E-state index contributed by atoms with van der Waals surface area (Å²) in [6, 6.07) is 18.5. The van der Waals surface area contributed by atoms with Crippen LogP contribution in [0.2, 0.25) is 0 Å². The van der Waals surface area contributed by atoms with Gasteiger partial charge in [-0.25, -0.2) is 0 Å². The summed E-state index contributed by atoms with van der Waals surface area (Å²) in [6.07, 6.45) is 3.50. The van der Waals surface area contributed by atoms with Crippen molar-refractivity contribution in [2.24, 2.45) is 5.92 Å². The molecule has 0 atom stereocenters. The number of likely N-dealkylation sites (tertiary alicyclic amines) is 1. The van der Waals surface area contributed by atoms with Crippen LogP contribution < -0.4 is 0 Å². The molecular weight excluding hydrogens is 320 g/mol. The van der Waals surface area contributed by atoms with Gasteiger partial charge in [-0.05, 0) is 49.9 Å². The lowest BCUT2D eigenvalue weighted by molar-refractivity contribution is 0.0836. The van der Waals surface area contributed by atoms with E-state index in [0.29, 0.717) is 5.92 Å². The van der Waals surface area contributed by atoms with Crippen molar-refractivity contribution >= 4 is 11.6 Å². The molecule has 1 amide bonds. The average Bonchev–Trinajstić information content (AvgIpc) is 2.93. The van der Waals surface area contributed by atoms with E-state index in [-0.39, 0.29) is 5.91 Å². The highest BCUT2D eigenvalue weighted by Gasteiger charge is 2.31. The third-order valence-corrected chi connectivity index (χ3v) is 5.76. The SMILES string of the molecule is C=C1c2ccccc2C(=O)N1CCC1CCN(Cc2ccccc2)CC1. The van der Waals surface area contributed by atoms with E-state index in [4.69, 9.17) is 0 Å². The molecule has 2 heterocycles. The summed E-state index contributed by atoms with van der Waals surface area (Å²) in [5, 5.41) is 0. The van der Waals surface area contributed by atoms with Gasteiger partial charge < -0.3 is 4.90 Å². The third kappa shape index (κ3) is 3.45. The summed E-state index contributed by atoms with van der Waals surface area (Å²) < 4.78 is 0. The zero-order chi connectivity index (χ0) is 17.9. The van der Waals surface area contributed by atoms with Gasteiger partial charge in [0.2, 0.25) is 0 Å². The first kappa shape index (κ1) is 17.0. The molecule has 0 spiro atoms. The Morgan fingerprint density at radius 1 is 0.923 bits per heavy atom. The molecular formula is C23H26N2O. The van der Waals surface area contributed by atoms with Gasteiger partial charge in [-0.2, -0.15) is 0 Å². The molecule has 1 fully saturated rings. The summed E-state index contributed by atoms with van der Waals surface area (Å²) in [7, 11) is 0. The molecule has 134 valence electrons. The van der Waals surface area contributed by atoms with Crippen molar-refractivity contribution in [2.75, 3.05) is 19.6 Å². The Bertz CT molecular complexity index is 756. The van der Waals surface area contributed by atoms with E-state index >= 15 is 0 Å². The first-order valence-electron chi connectivity index (χ1n) is 9.59. The molecule has 0 unspecified atom stereocenters. The highest BCUT2D eigenvalue weighted by molar-refractivity contribution is 6.08. The smallest absolute Gasteiger partial charge is 0.258 e. The number of hydrogen-bond acceptors (Lipinski definition) is 2. The van der Waals surface area contributed by atoms with Gasteiger partial charge in [0.1, 0.15) is 0 Å². The van der Waals surface area contributed by atoms with Crippen molar-refractivity contribution in [3.63, 3.8) is 0 Å². The molecule has 0 aromatic heterocycles. The molecule has 0 saturated carbocycles. The maximum absolute atomic E-state index is 12.6. The van der Waals surface area contributed by atoms with Crippen LogP contribution in [0.3, 0.4) is 0 Å². The molecule has 1 saturated heterocycles. The first-order chi connectivity index (χ1) is 12.7. The van der Waals surface area contributed by atoms with Crippen LogP contribution in [-0.4, -0.2) is 35.3 Å². The highest BCUT2D eigenvalue weighted by Crippen LogP contribution is 2.32. The van der Waals surface area contributed by atoms with Gasteiger partial charge in [-0.3, -0.25) is 9.69 Å². The van der Waals surface area contributed by atoms with Crippen molar-refractivity contribution in [1.82, 2.24) is 9.80 Å². The number of rotatable bonds is 5. The van der Waals surface area contributed by atoms with Gasteiger partial charge in [-0.1, -0.05) is 55.1 Å². The number of hydrogen-bond donors (Lipinski definition) is 0. The Morgan fingerprint density at radius 2 is 1.58 bits per heavy atom. The van der Waals surface area contributed by atoms with Gasteiger partial charge >= 0.3 is 0 Å². The van der Waals surface area contributed by atoms with Crippen molar-refractivity contribution in [2.45, 2.75) is 25.8 Å². The molecule has 0 aliphatic carbocycles. The van der Waals surface area contributed by atoms with E-state index in [1.165, 1.54) is 18.4 Å². The molecule has 4 rings (SSSR count). The summed E-state index contributed by atoms with van der Waals surface area (Å²) in [6.45, 7) is 8.28. The van der Waals surface area contributed by atoms with Crippen molar-refractivity contribution in [3.05, 3.63) is 77.9 Å². The monoisotopic (exact) mass is 346 g/mol. The summed E-state index contributed by atoms with van der Waals surface area (Å²) >= 11 is 0. The zero-order valence-electron chi connectivity index (χ0n) is 15.2. The van der Waals surface area contributed by atoms with E-state index < -0.39 is 0 Å². The second-order valence-electron chi connectivity index (χ2n) is 7.44. The fourth-order valence-electron chi connectivity index (χ4n) is 4.16. The number of nitrogens with zero attached hydrogens (tertiary/aromatic N) is 2. The Morgan fingerprint density at radius 3 is 2.27 bits per heavy atom. The third-order valence-electron chi connectivity index (χ3n) is 5.76. The number of carbonyl (C=O) groups excluding carboxylic acids is 1. The van der Waals surface area contributed by atoms with Gasteiger partial charge in [-0.15, -0.1) is 0 Å². The zero-order valence-corrected chi connectivity index (χ0v) is 15.2. The van der Waals surface area contributed by atoms with Gasteiger partial charge in [0, 0.05) is 29.9 Å². The Hall–Kier alpha value is -2.39. The molecule has 0 N–H and O–H groups in total. The molecule has 3 heteroatoms. The molecule has 0 bridgehead atoms. The number of carbonyl (C=O) groups is 1. The van der Waals surface area contributed by atoms with Crippen LogP contribution in [0, 0.1) is 5.92 Å². The first-order valence-corrected chi connectivity index (χ1v) is 9.59. The van der Waals surface area contributed by atoms with Crippen LogP contribution in [0.4, 0.5) is 0 Å². The van der Waals surface area contributed by atoms with Crippen molar-refractivity contribution < 1.29 is 4.79 Å². The number of benzene rings is 2. The largest absolute Gasteiger partial charge is 0.308 e. The van der Waals surface area contributed by atoms with Crippen LogP contribution >= 0.6 is 0 Å². The molecule has 2 aliphatic rings. The normalized spacial score (nSPS) is 18.4. The Labute approximate surface area is 155 Å². The number of piperidine rings is 1. The fourth-order valence-corrected chi connectivity index (χ4v) is 4.16. The van der Waals surface area contributed by atoms with E-state index in [1.54, 1.807) is 0 Å². The molecule has 2 aromatic carbocycles. The summed E-state index contributed by atoms with van der Waals surface area (Å²) in [5.41, 5.74) is 4.06. The Kier molecular flexibility index (Phi) is 4.89. The summed E-state index contributed by atoms with van der Waals surface area (Å²) in [5.74, 6) is 0.818. The Balaban J connectivity index is 1.27. The van der Waals surface area contributed by atoms with Crippen LogP contribution in [0.15, 0.2) is 61.2 Å². The molecule has 26 heavy (non-hydrogen) atoms. The van der Waals surface area contributed by atoms with Crippen LogP contribution in [0.25, 0.3) is 5.70 Å². The number of fused-ring (bicyclic) bond motifs is 1.